The van der Waals surface area contributed by atoms with Gasteiger partial charge >= 0.3 is 0 Å². The Kier molecular flexibility index (Phi) is 4.25. The molecule has 0 aliphatic carbocycles. The first-order chi connectivity index (χ1) is 11.1. The minimum Gasteiger partial charge on any atom is -0.378 e. The fourth-order valence-corrected chi connectivity index (χ4v) is 2.45. The number of nitrogens with one attached hydrogen (secondary N) is 1. The molecule has 0 fully saturated rings. The number of carbonyl (C=O) groups excluding carboxylic acids is 1. The topological polar surface area (TPSA) is 85.8 Å². The van der Waals surface area contributed by atoms with E-state index < -0.39 is 5.91 Å². The summed E-state index contributed by atoms with van der Waals surface area (Å²) in [5.41, 5.74) is 7.23. The molecular weight excluding hydrogens is 314 g/mol. The minimum absolute atomic E-state index is 0.296. The zero-order valence-electron chi connectivity index (χ0n) is 12.1. The zero-order valence-corrected chi connectivity index (χ0v) is 12.9. The van der Waals surface area contributed by atoms with Crippen molar-refractivity contribution in [3.05, 3.63) is 71.3 Å². The molecule has 1 amide bonds. The number of hydrogen-bond donors (Lipinski definition) is 2. The predicted molar refractivity (Wildman–Crippen MR) is 88.7 cm³/mol. The largest absolute Gasteiger partial charge is 0.378 e. The van der Waals surface area contributed by atoms with Gasteiger partial charge in [-0.3, -0.25) is 4.79 Å². The number of anilines is 1. The van der Waals surface area contributed by atoms with E-state index in [1.54, 1.807) is 22.9 Å². The van der Waals surface area contributed by atoms with Gasteiger partial charge in [-0.05, 0) is 30.3 Å². The van der Waals surface area contributed by atoms with Crippen LogP contribution in [0.3, 0.4) is 0 Å². The van der Waals surface area contributed by atoms with Crippen molar-refractivity contribution >= 4 is 23.2 Å². The molecule has 0 saturated heterocycles. The van der Waals surface area contributed by atoms with E-state index in [4.69, 9.17) is 17.3 Å². The Labute approximate surface area is 137 Å². The second-order valence-electron chi connectivity index (χ2n) is 4.84. The number of para-hydroxylation sites is 1. The molecule has 0 bridgehead atoms. The van der Waals surface area contributed by atoms with Crippen molar-refractivity contribution in [1.82, 2.24) is 14.8 Å². The Hall–Kier alpha value is -2.86. The van der Waals surface area contributed by atoms with Crippen molar-refractivity contribution in [2.75, 3.05) is 5.32 Å². The molecule has 3 N–H and O–H groups in total. The summed E-state index contributed by atoms with van der Waals surface area (Å²) in [4.78, 5) is 15.4. The molecule has 0 aliphatic rings. The zero-order chi connectivity index (χ0) is 16.2. The van der Waals surface area contributed by atoms with Crippen LogP contribution in [0.5, 0.6) is 0 Å². The number of primary amides is 1. The number of halogens is 1. The van der Waals surface area contributed by atoms with E-state index >= 15 is 0 Å². The summed E-state index contributed by atoms with van der Waals surface area (Å²) in [7, 11) is 0. The van der Waals surface area contributed by atoms with Gasteiger partial charge < -0.3 is 11.1 Å². The Balaban J connectivity index is 1.76. The van der Waals surface area contributed by atoms with E-state index in [0.717, 1.165) is 17.2 Å². The summed E-state index contributed by atoms with van der Waals surface area (Å²) < 4.78 is 1.76. The van der Waals surface area contributed by atoms with E-state index in [1.807, 2.05) is 30.3 Å². The molecule has 7 heteroatoms. The molecule has 2 aromatic carbocycles. The first-order valence-electron chi connectivity index (χ1n) is 6.92. The van der Waals surface area contributed by atoms with Gasteiger partial charge in [-0.25, -0.2) is 9.67 Å². The van der Waals surface area contributed by atoms with Crippen LogP contribution in [0, 0.1) is 0 Å². The Bertz CT molecular complexity index is 831. The normalized spacial score (nSPS) is 10.5. The lowest BCUT2D eigenvalue weighted by atomic mass is 10.2. The van der Waals surface area contributed by atoms with Crippen molar-refractivity contribution in [2.24, 2.45) is 5.73 Å². The molecule has 0 saturated carbocycles. The summed E-state index contributed by atoms with van der Waals surface area (Å²) in [6.07, 6.45) is 1.51. The lowest BCUT2D eigenvalue weighted by Gasteiger charge is -2.09. The standard InChI is InChI=1S/C16H14ClN5O/c17-14-8-11(6-7-13(14)16(18)23)19-9-15-20-10-21-22(15)12-4-2-1-3-5-12/h1-8,10,19H,9H2,(H2,18,23). The second kappa shape index (κ2) is 6.50. The van der Waals surface area contributed by atoms with Crippen LogP contribution in [0.2, 0.25) is 5.02 Å². The molecule has 1 aromatic heterocycles. The molecule has 1 heterocycles. The van der Waals surface area contributed by atoms with Crippen LogP contribution in [-0.4, -0.2) is 20.7 Å². The first kappa shape index (κ1) is 15.1. The molecule has 0 atom stereocenters. The third-order valence-electron chi connectivity index (χ3n) is 3.30. The van der Waals surface area contributed by atoms with Crippen LogP contribution in [0.25, 0.3) is 5.69 Å². The monoisotopic (exact) mass is 327 g/mol. The maximum atomic E-state index is 11.2. The van der Waals surface area contributed by atoms with Crippen molar-refractivity contribution in [1.29, 1.82) is 0 Å². The van der Waals surface area contributed by atoms with Gasteiger partial charge in [-0.15, -0.1) is 0 Å². The highest BCUT2D eigenvalue weighted by molar-refractivity contribution is 6.34. The minimum atomic E-state index is -0.551. The molecule has 3 rings (SSSR count). The fourth-order valence-electron chi connectivity index (χ4n) is 2.18. The summed E-state index contributed by atoms with van der Waals surface area (Å²) in [6, 6.07) is 14.7. The Morgan fingerprint density at radius 1 is 1.22 bits per heavy atom. The Morgan fingerprint density at radius 2 is 2.00 bits per heavy atom. The molecular formula is C16H14ClN5O. The van der Waals surface area contributed by atoms with Crippen molar-refractivity contribution in [3.8, 4) is 5.69 Å². The molecule has 0 spiro atoms. The SMILES string of the molecule is NC(=O)c1ccc(NCc2ncnn2-c2ccccc2)cc1Cl. The Morgan fingerprint density at radius 3 is 2.70 bits per heavy atom. The van der Waals surface area contributed by atoms with Crippen LogP contribution in [0.15, 0.2) is 54.9 Å². The van der Waals surface area contributed by atoms with Gasteiger partial charge in [0.05, 0.1) is 22.8 Å². The van der Waals surface area contributed by atoms with Gasteiger partial charge in [-0.1, -0.05) is 29.8 Å². The van der Waals surface area contributed by atoms with E-state index in [1.165, 1.54) is 6.33 Å². The van der Waals surface area contributed by atoms with Gasteiger partial charge in [0, 0.05) is 5.69 Å². The van der Waals surface area contributed by atoms with Gasteiger partial charge in [-0.2, -0.15) is 5.10 Å². The average Bonchev–Trinajstić information content (AvgIpc) is 3.02. The summed E-state index contributed by atoms with van der Waals surface area (Å²) in [5, 5.41) is 7.75. The van der Waals surface area contributed by atoms with E-state index in [9.17, 15) is 4.79 Å². The van der Waals surface area contributed by atoms with E-state index in [0.29, 0.717) is 17.1 Å². The molecule has 0 aliphatic heterocycles. The van der Waals surface area contributed by atoms with Crippen LogP contribution in [0.1, 0.15) is 16.2 Å². The van der Waals surface area contributed by atoms with Crippen LogP contribution in [0.4, 0.5) is 5.69 Å². The molecule has 6 nitrogen and oxygen atoms in total. The van der Waals surface area contributed by atoms with Gasteiger partial charge in [0.1, 0.15) is 6.33 Å². The highest BCUT2D eigenvalue weighted by atomic mass is 35.5. The predicted octanol–water partition coefficient (Wildman–Crippen LogP) is 2.63. The first-order valence-corrected chi connectivity index (χ1v) is 7.30. The summed E-state index contributed by atoms with van der Waals surface area (Å²) >= 11 is 6.04. The van der Waals surface area contributed by atoms with E-state index in [-0.39, 0.29) is 0 Å². The third-order valence-corrected chi connectivity index (χ3v) is 3.62. The quantitative estimate of drug-likeness (QED) is 0.754. The third kappa shape index (κ3) is 3.32. The number of hydrogen-bond acceptors (Lipinski definition) is 4. The highest BCUT2D eigenvalue weighted by Gasteiger charge is 2.09. The van der Waals surface area contributed by atoms with E-state index in [2.05, 4.69) is 15.4 Å². The van der Waals surface area contributed by atoms with Gasteiger partial charge in [0.2, 0.25) is 5.91 Å². The van der Waals surface area contributed by atoms with Crippen LogP contribution >= 0.6 is 11.6 Å². The van der Waals surface area contributed by atoms with Crippen LogP contribution < -0.4 is 11.1 Å². The van der Waals surface area contributed by atoms with Gasteiger partial charge in [0.25, 0.3) is 0 Å². The summed E-state index contributed by atoms with van der Waals surface area (Å²) in [6.45, 7) is 0.459. The number of nitrogens with zero attached hydrogens (tertiary/aromatic N) is 3. The molecule has 3 aromatic rings. The van der Waals surface area contributed by atoms with Crippen molar-refractivity contribution in [2.45, 2.75) is 6.54 Å². The van der Waals surface area contributed by atoms with Crippen molar-refractivity contribution in [3.63, 3.8) is 0 Å². The number of amides is 1. The average molecular weight is 328 g/mol. The highest BCUT2D eigenvalue weighted by Crippen LogP contribution is 2.21. The maximum Gasteiger partial charge on any atom is 0.250 e. The second-order valence-corrected chi connectivity index (χ2v) is 5.24. The number of rotatable bonds is 5. The lowest BCUT2D eigenvalue weighted by Crippen LogP contribution is -2.12. The number of aromatic nitrogens is 3. The fraction of sp³-hybridized carbons (Fsp3) is 0.0625. The number of benzene rings is 2. The molecule has 0 unspecified atom stereocenters. The molecule has 23 heavy (non-hydrogen) atoms. The summed E-state index contributed by atoms with van der Waals surface area (Å²) in [5.74, 6) is 0.205. The van der Waals surface area contributed by atoms with Crippen molar-refractivity contribution < 1.29 is 4.79 Å². The maximum absolute atomic E-state index is 11.2. The molecule has 0 radical (unpaired) electrons. The lowest BCUT2D eigenvalue weighted by molar-refractivity contribution is 0.100. The van der Waals surface area contributed by atoms with Gasteiger partial charge in [0.15, 0.2) is 5.82 Å². The number of nitrogens with two attached hydrogens (primary N) is 1. The smallest absolute Gasteiger partial charge is 0.250 e. The molecule has 116 valence electrons. The van der Waals surface area contributed by atoms with Crippen LogP contribution in [-0.2, 0) is 6.54 Å². The number of carbonyl (C=O) groups is 1.